The number of alkyl halides is 3. The Morgan fingerprint density at radius 2 is 1.21 bits per heavy atom. The van der Waals surface area contributed by atoms with Crippen LogP contribution >= 0.6 is 0 Å². The molecule has 2 rings (SSSR count). The first-order chi connectivity index (χ1) is 13.4. The zero-order valence-corrected chi connectivity index (χ0v) is 16.0. The van der Waals surface area contributed by atoms with Gasteiger partial charge in [0.1, 0.15) is 0 Å². The summed E-state index contributed by atoms with van der Waals surface area (Å²) in [5.41, 5.74) is 4.83. The highest BCUT2D eigenvalue weighted by Crippen LogP contribution is 2.22. The van der Waals surface area contributed by atoms with Crippen LogP contribution in [0.1, 0.15) is 47.1 Å². The largest absolute Gasteiger partial charge is 0.472 e. The van der Waals surface area contributed by atoms with Gasteiger partial charge in [-0.25, -0.2) is 0 Å². The minimum Gasteiger partial charge on any atom is -0.322 e. The molecule has 0 saturated carbocycles. The van der Waals surface area contributed by atoms with Crippen LogP contribution in [0.5, 0.6) is 0 Å². The number of carbonyl (C=O) groups is 3. The summed E-state index contributed by atoms with van der Waals surface area (Å²) in [4.78, 5) is 34.8. The Morgan fingerprint density at radius 1 is 0.724 bits per heavy atom. The van der Waals surface area contributed by atoms with E-state index in [2.05, 4.69) is 26.1 Å². The van der Waals surface area contributed by atoms with Crippen molar-refractivity contribution in [2.24, 2.45) is 0 Å². The molecule has 0 aromatic heterocycles. The molecule has 0 bridgehead atoms. The second kappa shape index (κ2) is 8.34. The zero-order valence-electron chi connectivity index (χ0n) is 16.0. The van der Waals surface area contributed by atoms with Gasteiger partial charge >= 0.3 is 12.1 Å². The summed E-state index contributed by atoms with van der Waals surface area (Å²) in [6.45, 7) is 6.19. The van der Waals surface area contributed by atoms with Crippen LogP contribution in [-0.2, 0) is 10.2 Å². The van der Waals surface area contributed by atoms with E-state index in [4.69, 9.17) is 0 Å². The molecule has 0 radical (unpaired) electrons. The molecule has 29 heavy (non-hydrogen) atoms. The Kier molecular flexibility index (Phi) is 6.31. The molecule has 6 nitrogen and oxygen atoms in total. The van der Waals surface area contributed by atoms with Crippen molar-refractivity contribution in [2.75, 3.05) is 5.32 Å². The van der Waals surface area contributed by atoms with E-state index in [9.17, 15) is 27.6 Å². The molecule has 0 aliphatic rings. The number of hydrogen-bond acceptors (Lipinski definition) is 3. The normalized spacial score (nSPS) is 11.5. The summed E-state index contributed by atoms with van der Waals surface area (Å²) < 4.78 is 36.3. The maximum absolute atomic E-state index is 12.3. The fraction of sp³-hybridized carbons (Fsp3) is 0.250. The molecule has 3 N–H and O–H groups in total. The average molecular weight is 407 g/mol. The van der Waals surface area contributed by atoms with Crippen molar-refractivity contribution in [3.63, 3.8) is 0 Å². The van der Waals surface area contributed by atoms with Crippen molar-refractivity contribution in [2.45, 2.75) is 32.4 Å². The van der Waals surface area contributed by atoms with E-state index < -0.39 is 18.0 Å². The van der Waals surface area contributed by atoms with E-state index in [0.717, 1.165) is 5.56 Å². The maximum Gasteiger partial charge on any atom is 0.472 e. The Bertz CT molecular complexity index is 900. The van der Waals surface area contributed by atoms with Crippen LogP contribution in [0.25, 0.3) is 0 Å². The standard InChI is InChI=1S/C20H20F3N3O3/c1-19(2,3)14-8-4-12(5-9-14)16(27)24-15-10-6-13(7-11-15)17(28)25-26-18(29)20(21,22)23/h4-11H,1-3H3,(H,24,27)(H,25,28)(H,26,29). The van der Waals surface area contributed by atoms with Gasteiger partial charge in [0.05, 0.1) is 0 Å². The summed E-state index contributed by atoms with van der Waals surface area (Å²) in [5.74, 6) is -3.56. The predicted octanol–water partition coefficient (Wildman–Crippen LogP) is 3.56. The second-order valence-corrected chi connectivity index (χ2v) is 7.26. The molecule has 0 atom stereocenters. The van der Waals surface area contributed by atoms with E-state index in [1.807, 2.05) is 12.1 Å². The molecule has 0 spiro atoms. The predicted molar refractivity (Wildman–Crippen MR) is 101 cm³/mol. The van der Waals surface area contributed by atoms with Gasteiger partial charge in [0.15, 0.2) is 0 Å². The topological polar surface area (TPSA) is 87.3 Å². The third-order valence-corrected chi connectivity index (χ3v) is 3.97. The second-order valence-electron chi connectivity index (χ2n) is 7.26. The highest BCUT2D eigenvalue weighted by molar-refractivity contribution is 6.04. The Labute approximate surface area is 165 Å². The van der Waals surface area contributed by atoms with Crippen LogP contribution in [-0.4, -0.2) is 23.9 Å². The number of amides is 3. The Hall–Kier alpha value is -3.36. The van der Waals surface area contributed by atoms with E-state index >= 15 is 0 Å². The summed E-state index contributed by atoms with van der Waals surface area (Å²) in [6, 6.07) is 12.6. The molecule has 0 unspecified atom stereocenters. The summed E-state index contributed by atoms with van der Waals surface area (Å²) in [5, 5.41) is 2.66. The number of anilines is 1. The quantitative estimate of drug-likeness (QED) is 0.680. The minimum absolute atomic E-state index is 0.00000332. The minimum atomic E-state index is -5.10. The van der Waals surface area contributed by atoms with Crippen LogP contribution in [0.3, 0.4) is 0 Å². The lowest BCUT2D eigenvalue weighted by Gasteiger charge is -2.19. The SMILES string of the molecule is CC(C)(C)c1ccc(C(=O)Nc2ccc(C(=O)NNC(=O)C(F)(F)F)cc2)cc1. The van der Waals surface area contributed by atoms with Gasteiger partial charge in [-0.1, -0.05) is 32.9 Å². The van der Waals surface area contributed by atoms with E-state index in [1.165, 1.54) is 29.7 Å². The number of benzene rings is 2. The Morgan fingerprint density at radius 3 is 1.69 bits per heavy atom. The number of hydrogen-bond donors (Lipinski definition) is 3. The Balaban J connectivity index is 1.97. The average Bonchev–Trinajstić information content (AvgIpc) is 2.65. The molecule has 0 aliphatic heterocycles. The van der Waals surface area contributed by atoms with Gasteiger partial charge in [0.2, 0.25) is 0 Å². The first-order valence-corrected chi connectivity index (χ1v) is 8.57. The zero-order chi connectivity index (χ0) is 21.8. The molecular weight excluding hydrogens is 387 g/mol. The number of carbonyl (C=O) groups excluding carboxylic acids is 3. The molecule has 0 heterocycles. The summed E-state index contributed by atoms with van der Waals surface area (Å²) >= 11 is 0. The lowest BCUT2D eigenvalue weighted by molar-refractivity contribution is -0.174. The van der Waals surface area contributed by atoms with Crippen molar-refractivity contribution in [3.05, 3.63) is 65.2 Å². The monoisotopic (exact) mass is 407 g/mol. The van der Waals surface area contributed by atoms with Gasteiger partial charge in [0, 0.05) is 16.8 Å². The van der Waals surface area contributed by atoms with Gasteiger partial charge < -0.3 is 5.32 Å². The maximum atomic E-state index is 12.3. The molecule has 0 fully saturated rings. The van der Waals surface area contributed by atoms with Crippen molar-refractivity contribution in [1.82, 2.24) is 10.9 Å². The van der Waals surface area contributed by atoms with Crippen LogP contribution in [0.2, 0.25) is 0 Å². The third kappa shape index (κ3) is 6.06. The number of halogens is 3. The summed E-state index contributed by atoms with van der Waals surface area (Å²) in [6.07, 6.45) is -5.10. The number of rotatable bonds is 3. The molecule has 2 aromatic carbocycles. The van der Waals surface area contributed by atoms with Gasteiger partial charge in [-0.2, -0.15) is 13.2 Å². The van der Waals surface area contributed by atoms with Crippen molar-refractivity contribution >= 4 is 23.4 Å². The van der Waals surface area contributed by atoms with Crippen LogP contribution in [0.15, 0.2) is 48.5 Å². The fourth-order valence-electron chi connectivity index (χ4n) is 2.29. The van der Waals surface area contributed by atoms with Gasteiger partial charge in [0.25, 0.3) is 11.8 Å². The molecule has 0 aliphatic carbocycles. The van der Waals surface area contributed by atoms with Gasteiger partial charge in [-0.15, -0.1) is 0 Å². The van der Waals surface area contributed by atoms with Gasteiger partial charge in [-0.05, 0) is 47.4 Å². The van der Waals surface area contributed by atoms with Crippen LogP contribution < -0.4 is 16.2 Å². The highest BCUT2D eigenvalue weighted by Gasteiger charge is 2.39. The van der Waals surface area contributed by atoms with Crippen molar-refractivity contribution < 1.29 is 27.6 Å². The first kappa shape index (κ1) is 21.9. The lowest BCUT2D eigenvalue weighted by Crippen LogP contribution is -2.47. The van der Waals surface area contributed by atoms with Crippen LogP contribution in [0, 0.1) is 0 Å². The number of nitrogens with one attached hydrogen (secondary N) is 3. The summed E-state index contributed by atoms with van der Waals surface area (Å²) in [7, 11) is 0. The molecular formula is C20H20F3N3O3. The lowest BCUT2D eigenvalue weighted by atomic mass is 9.87. The van der Waals surface area contributed by atoms with E-state index in [-0.39, 0.29) is 16.9 Å². The van der Waals surface area contributed by atoms with Crippen molar-refractivity contribution in [3.8, 4) is 0 Å². The molecule has 3 amide bonds. The third-order valence-electron chi connectivity index (χ3n) is 3.97. The van der Waals surface area contributed by atoms with Crippen molar-refractivity contribution in [1.29, 1.82) is 0 Å². The van der Waals surface area contributed by atoms with Gasteiger partial charge in [-0.3, -0.25) is 25.2 Å². The number of hydrazine groups is 1. The molecule has 154 valence electrons. The molecule has 0 saturated heterocycles. The smallest absolute Gasteiger partial charge is 0.322 e. The van der Waals surface area contributed by atoms with Crippen LogP contribution in [0.4, 0.5) is 18.9 Å². The fourth-order valence-corrected chi connectivity index (χ4v) is 2.29. The van der Waals surface area contributed by atoms with E-state index in [0.29, 0.717) is 11.3 Å². The molecule has 9 heteroatoms. The highest BCUT2D eigenvalue weighted by atomic mass is 19.4. The first-order valence-electron chi connectivity index (χ1n) is 8.57. The molecule has 2 aromatic rings. The van der Waals surface area contributed by atoms with E-state index in [1.54, 1.807) is 17.6 Å².